The zero-order valence-electron chi connectivity index (χ0n) is 15.8. The van der Waals surface area contributed by atoms with Crippen LogP contribution in [0.1, 0.15) is 78.1 Å². The summed E-state index contributed by atoms with van der Waals surface area (Å²) < 4.78 is 11.0. The van der Waals surface area contributed by atoms with Crippen LogP contribution < -0.4 is 0 Å². The van der Waals surface area contributed by atoms with Gasteiger partial charge in [0.1, 0.15) is 13.2 Å². The third kappa shape index (κ3) is 12.8. The highest BCUT2D eigenvalue weighted by Crippen LogP contribution is 2.30. The second kappa shape index (κ2) is 16.1. The van der Waals surface area contributed by atoms with Crippen LogP contribution in [0.2, 0.25) is 0 Å². The maximum atomic E-state index is 11.9. The maximum absolute atomic E-state index is 11.9. The minimum absolute atomic E-state index is 0.156. The number of halogens is 2. The van der Waals surface area contributed by atoms with Crippen molar-refractivity contribution in [2.75, 3.05) is 23.9 Å². The molecular weight excluding hydrogens is 452 g/mol. The number of carbonyl (C=O) groups is 2. The van der Waals surface area contributed by atoms with E-state index in [0.29, 0.717) is 26.1 Å². The van der Waals surface area contributed by atoms with Crippen LogP contribution in [0.25, 0.3) is 0 Å². The Morgan fingerprint density at radius 1 is 0.760 bits per heavy atom. The molecule has 0 N–H and O–H groups in total. The molecule has 0 saturated heterocycles. The molecule has 0 saturated carbocycles. The summed E-state index contributed by atoms with van der Waals surface area (Å²) in [4.78, 5) is 23.9. The first-order valence-corrected chi connectivity index (χ1v) is 11.7. The lowest BCUT2D eigenvalue weighted by Crippen LogP contribution is -2.35. The Morgan fingerprint density at radius 3 is 1.48 bits per heavy atom. The molecule has 0 atom stereocenters. The van der Waals surface area contributed by atoms with Crippen molar-refractivity contribution in [1.82, 2.24) is 0 Å². The Bertz CT molecular complexity index is 327. The molecule has 0 aliphatic rings. The summed E-state index contributed by atoms with van der Waals surface area (Å²) >= 11 is 6.95. The SMILES string of the molecule is CCCCCC(=O)OCC(CCBr)(CCBr)COC(=O)CCCCC. The number of rotatable bonds is 16. The van der Waals surface area contributed by atoms with Gasteiger partial charge >= 0.3 is 11.9 Å². The second-order valence-electron chi connectivity index (χ2n) is 6.61. The predicted octanol–water partition coefficient (Wildman–Crippen LogP) is 5.79. The summed E-state index contributed by atoms with van der Waals surface area (Å²) in [6.07, 6.45) is 8.49. The molecule has 0 amide bonds. The average Bonchev–Trinajstić information content (AvgIpc) is 2.59. The van der Waals surface area contributed by atoms with Gasteiger partial charge in [-0.2, -0.15) is 0 Å². The summed E-state index contributed by atoms with van der Waals surface area (Å²) in [5.41, 5.74) is -0.326. The molecule has 0 heterocycles. The molecular formula is C19H34Br2O4. The van der Waals surface area contributed by atoms with Gasteiger partial charge in [-0.3, -0.25) is 9.59 Å². The van der Waals surface area contributed by atoms with Gasteiger partial charge in [-0.15, -0.1) is 0 Å². The second-order valence-corrected chi connectivity index (χ2v) is 8.20. The van der Waals surface area contributed by atoms with Crippen LogP contribution in [-0.4, -0.2) is 35.8 Å². The summed E-state index contributed by atoms with van der Waals surface area (Å²) in [6, 6.07) is 0. The minimum atomic E-state index is -0.326. The maximum Gasteiger partial charge on any atom is 0.305 e. The number of esters is 2. The molecule has 0 bridgehead atoms. The highest BCUT2D eigenvalue weighted by atomic mass is 79.9. The number of alkyl halides is 2. The molecule has 0 radical (unpaired) electrons. The fourth-order valence-electron chi connectivity index (χ4n) is 2.51. The quantitative estimate of drug-likeness (QED) is 0.158. The van der Waals surface area contributed by atoms with Gasteiger partial charge in [-0.05, 0) is 25.7 Å². The first-order chi connectivity index (χ1) is 12.0. The zero-order chi connectivity index (χ0) is 19.0. The smallest absolute Gasteiger partial charge is 0.305 e. The van der Waals surface area contributed by atoms with E-state index in [9.17, 15) is 9.59 Å². The number of hydrogen-bond donors (Lipinski definition) is 0. The molecule has 6 heteroatoms. The van der Waals surface area contributed by atoms with Crippen molar-refractivity contribution in [2.45, 2.75) is 78.1 Å². The lowest BCUT2D eigenvalue weighted by molar-refractivity contribution is -0.154. The number of unbranched alkanes of at least 4 members (excludes halogenated alkanes) is 4. The van der Waals surface area contributed by atoms with E-state index in [4.69, 9.17) is 9.47 Å². The molecule has 0 aliphatic heterocycles. The lowest BCUT2D eigenvalue weighted by atomic mass is 9.84. The lowest BCUT2D eigenvalue weighted by Gasteiger charge is -2.31. The monoisotopic (exact) mass is 484 g/mol. The number of hydrogen-bond acceptors (Lipinski definition) is 4. The van der Waals surface area contributed by atoms with Crippen molar-refractivity contribution in [1.29, 1.82) is 0 Å². The van der Waals surface area contributed by atoms with E-state index in [1.807, 2.05) is 0 Å². The molecule has 4 nitrogen and oxygen atoms in total. The van der Waals surface area contributed by atoms with E-state index >= 15 is 0 Å². The Labute approximate surface area is 170 Å². The van der Waals surface area contributed by atoms with Crippen LogP contribution in [-0.2, 0) is 19.1 Å². The topological polar surface area (TPSA) is 52.6 Å². The standard InChI is InChI=1S/C19H34Br2O4/c1-3-5-7-9-17(22)24-15-19(11-13-20,12-14-21)16-25-18(23)10-8-6-4-2/h3-16H2,1-2H3. The molecule has 0 aromatic rings. The van der Waals surface area contributed by atoms with Crippen molar-refractivity contribution >= 4 is 43.8 Å². The van der Waals surface area contributed by atoms with E-state index < -0.39 is 0 Å². The van der Waals surface area contributed by atoms with Gasteiger partial charge in [0.2, 0.25) is 0 Å². The fourth-order valence-corrected chi connectivity index (χ4v) is 4.19. The van der Waals surface area contributed by atoms with Crippen LogP contribution in [0, 0.1) is 5.41 Å². The largest absolute Gasteiger partial charge is 0.465 e. The molecule has 0 spiro atoms. The van der Waals surface area contributed by atoms with Crippen LogP contribution >= 0.6 is 31.9 Å². The van der Waals surface area contributed by atoms with E-state index in [1.165, 1.54) is 0 Å². The molecule has 0 aromatic heterocycles. The fraction of sp³-hybridized carbons (Fsp3) is 0.895. The van der Waals surface area contributed by atoms with Gasteiger partial charge in [-0.1, -0.05) is 71.4 Å². The van der Waals surface area contributed by atoms with Crippen molar-refractivity contribution in [3.8, 4) is 0 Å². The average molecular weight is 486 g/mol. The van der Waals surface area contributed by atoms with E-state index in [0.717, 1.165) is 62.0 Å². The van der Waals surface area contributed by atoms with E-state index in [-0.39, 0.29) is 17.4 Å². The van der Waals surface area contributed by atoms with Crippen LogP contribution in [0.15, 0.2) is 0 Å². The first-order valence-electron chi connectivity index (χ1n) is 9.46. The summed E-state index contributed by atoms with van der Waals surface area (Å²) in [6.45, 7) is 4.82. The summed E-state index contributed by atoms with van der Waals surface area (Å²) in [7, 11) is 0. The first kappa shape index (κ1) is 24.9. The molecule has 0 fully saturated rings. The van der Waals surface area contributed by atoms with Crippen LogP contribution in [0.5, 0.6) is 0 Å². The highest BCUT2D eigenvalue weighted by molar-refractivity contribution is 9.09. The molecule has 0 unspecified atom stereocenters. The normalized spacial score (nSPS) is 11.4. The Balaban J connectivity index is 4.54. The molecule has 0 rings (SSSR count). The predicted molar refractivity (Wildman–Crippen MR) is 109 cm³/mol. The number of carbonyl (C=O) groups excluding carboxylic acids is 2. The van der Waals surface area contributed by atoms with Gasteiger partial charge in [0, 0.05) is 28.9 Å². The molecule has 0 aromatic carbocycles. The zero-order valence-corrected chi connectivity index (χ0v) is 19.0. The van der Waals surface area contributed by atoms with E-state index in [2.05, 4.69) is 45.7 Å². The van der Waals surface area contributed by atoms with Gasteiger partial charge in [-0.25, -0.2) is 0 Å². The molecule has 148 valence electrons. The summed E-state index contributed by atoms with van der Waals surface area (Å²) in [5.74, 6) is -0.313. The van der Waals surface area contributed by atoms with Crippen molar-refractivity contribution in [3.63, 3.8) is 0 Å². The summed E-state index contributed by atoms with van der Waals surface area (Å²) in [5, 5.41) is 1.56. The van der Waals surface area contributed by atoms with Gasteiger partial charge in [0.15, 0.2) is 0 Å². The van der Waals surface area contributed by atoms with Crippen molar-refractivity contribution < 1.29 is 19.1 Å². The van der Waals surface area contributed by atoms with Crippen molar-refractivity contribution in [3.05, 3.63) is 0 Å². The van der Waals surface area contributed by atoms with Crippen LogP contribution in [0.4, 0.5) is 0 Å². The third-order valence-corrected chi connectivity index (χ3v) is 5.09. The van der Waals surface area contributed by atoms with E-state index in [1.54, 1.807) is 0 Å². The molecule has 25 heavy (non-hydrogen) atoms. The highest BCUT2D eigenvalue weighted by Gasteiger charge is 2.32. The Morgan fingerprint density at radius 2 is 1.16 bits per heavy atom. The van der Waals surface area contributed by atoms with Crippen molar-refractivity contribution in [2.24, 2.45) is 5.41 Å². The van der Waals surface area contributed by atoms with Crippen LogP contribution in [0.3, 0.4) is 0 Å². The van der Waals surface area contributed by atoms with Gasteiger partial charge in [0.05, 0.1) is 0 Å². The number of ether oxygens (including phenoxy) is 2. The third-order valence-electron chi connectivity index (χ3n) is 4.30. The Kier molecular flexibility index (Phi) is 16.0. The van der Waals surface area contributed by atoms with Gasteiger partial charge in [0.25, 0.3) is 0 Å². The van der Waals surface area contributed by atoms with Gasteiger partial charge < -0.3 is 9.47 Å². The Hall–Kier alpha value is -0.100. The molecule has 0 aliphatic carbocycles. The minimum Gasteiger partial charge on any atom is -0.465 e.